The Bertz CT molecular complexity index is 373. The third-order valence-electron chi connectivity index (χ3n) is 2.94. The van der Waals surface area contributed by atoms with E-state index in [4.69, 9.17) is 0 Å². The van der Waals surface area contributed by atoms with Crippen LogP contribution in [0.5, 0.6) is 0 Å². The fourth-order valence-electron chi connectivity index (χ4n) is 1.84. The van der Waals surface area contributed by atoms with Crippen molar-refractivity contribution in [3.8, 4) is 0 Å². The first-order valence-corrected chi connectivity index (χ1v) is 6.66. The molecular weight excluding hydrogens is 224 g/mol. The van der Waals surface area contributed by atoms with Gasteiger partial charge in [-0.05, 0) is 39.3 Å². The average molecular weight is 248 g/mol. The summed E-state index contributed by atoms with van der Waals surface area (Å²) in [7, 11) is 0. The van der Waals surface area contributed by atoms with Crippen LogP contribution in [0.15, 0.2) is 24.3 Å². The Morgan fingerprint density at radius 1 is 1.22 bits per heavy atom. The summed E-state index contributed by atoms with van der Waals surface area (Å²) in [5, 5.41) is 6.22. The zero-order valence-electron chi connectivity index (χ0n) is 11.8. The molecule has 0 bridgehead atoms. The molecule has 2 unspecified atom stereocenters. The van der Waals surface area contributed by atoms with Gasteiger partial charge in [0.25, 0.3) is 0 Å². The summed E-state index contributed by atoms with van der Waals surface area (Å²) in [5.41, 5.74) is 2.20. The second-order valence-corrected chi connectivity index (χ2v) is 4.93. The van der Waals surface area contributed by atoms with Crippen molar-refractivity contribution >= 4 is 11.6 Å². The van der Waals surface area contributed by atoms with Crippen LogP contribution in [-0.2, 0) is 4.79 Å². The fourth-order valence-corrected chi connectivity index (χ4v) is 1.84. The van der Waals surface area contributed by atoms with Crippen molar-refractivity contribution in [2.75, 3.05) is 5.32 Å². The van der Waals surface area contributed by atoms with E-state index in [1.165, 1.54) is 5.56 Å². The first-order valence-electron chi connectivity index (χ1n) is 6.66. The molecule has 1 aromatic carbocycles. The van der Waals surface area contributed by atoms with Crippen molar-refractivity contribution in [3.63, 3.8) is 0 Å². The standard InChI is InChI=1S/C15H24N2O/c1-5-6-12(3)16-15(18)13(4)17-14-9-7-11(2)8-10-14/h7-10,12-13,17H,5-6H2,1-4H3,(H,16,18). The van der Waals surface area contributed by atoms with Crippen LogP contribution in [0.25, 0.3) is 0 Å². The number of anilines is 1. The molecule has 0 aromatic heterocycles. The van der Waals surface area contributed by atoms with Crippen LogP contribution in [0.1, 0.15) is 39.2 Å². The molecule has 0 saturated carbocycles. The lowest BCUT2D eigenvalue weighted by atomic mass is 10.1. The van der Waals surface area contributed by atoms with E-state index in [-0.39, 0.29) is 18.0 Å². The van der Waals surface area contributed by atoms with E-state index in [2.05, 4.69) is 17.6 Å². The number of carbonyl (C=O) groups excluding carboxylic acids is 1. The maximum absolute atomic E-state index is 11.9. The first-order chi connectivity index (χ1) is 8.52. The van der Waals surface area contributed by atoms with Gasteiger partial charge in [0, 0.05) is 11.7 Å². The molecule has 0 fully saturated rings. The van der Waals surface area contributed by atoms with Gasteiger partial charge in [0.05, 0.1) is 0 Å². The molecule has 1 amide bonds. The van der Waals surface area contributed by atoms with Crippen molar-refractivity contribution in [1.82, 2.24) is 5.32 Å². The summed E-state index contributed by atoms with van der Waals surface area (Å²) in [6, 6.07) is 8.08. The molecule has 0 saturated heterocycles. The number of amides is 1. The van der Waals surface area contributed by atoms with E-state index in [0.29, 0.717) is 0 Å². The molecule has 3 nitrogen and oxygen atoms in total. The Hall–Kier alpha value is -1.51. The Morgan fingerprint density at radius 2 is 1.83 bits per heavy atom. The van der Waals surface area contributed by atoms with E-state index in [1.54, 1.807) is 0 Å². The fraction of sp³-hybridized carbons (Fsp3) is 0.533. The molecule has 0 radical (unpaired) electrons. The maximum atomic E-state index is 11.9. The predicted octanol–water partition coefficient (Wildman–Crippen LogP) is 3.10. The zero-order valence-corrected chi connectivity index (χ0v) is 11.8. The Morgan fingerprint density at radius 3 is 2.39 bits per heavy atom. The minimum absolute atomic E-state index is 0.0523. The van der Waals surface area contributed by atoms with Gasteiger partial charge in [0.2, 0.25) is 5.91 Å². The van der Waals surface area contributed by atoms with Gasteiger partial charge in [-0.2, -0.15) is 0 Å². The summed E-state index contributed by atoms with van der Waals surface area (Å²) in [4.78, 5) is 11.9. The zero-order chi connectivity index (χ0) is 13.5. The molecule has 0 aliphatic rings. The molecule has 1 aromatic rings. The molecule has 1 rings (SSSR count). The van der Waals surface area contributed by atoms with Crippen molar-refractivity contribution in [2.45, 2.75) is 52.6 Å². The van der Waals surface area contributed by atoms with Crippen LogP contribution in [-0.4, -0.2) is 18.0 Å². The van der Waals surface area contributed by atoms with Crippen LogP contribution >= 0.6 is 0 Å². The third-order valence-corrected chi connectivity index (χ3v) is 2.94. The summed E-state index contributed by atoms with van der Waals surface area (Å²) in [5.74, 6) is 0.0523. The first kappa shape index (κ1) is 14.6. The van der Waals surface area contributed by atoms with Crippen molar-refractivity contribution in [3.05, 3.63) is 29.8 Å². The summed E-state index contributed by atoms with van der Waals surface area (Å²) < 4.78 is 0. The number of benzene rings is 1. The number of nitrogens with one attached hydrogen (secondary N) is 2. The second kappa shape index (κ2) is 7.04. The lowest BCUT2D eigenvalue weighted by Crippen LogP contribution is -2.42. The molecule has 100 valence electrons. The minimum atomic E-state index is -0.216. The predicted molar refractivity (Wildman–Crippen MR) is 76.8 cm³/mol. The lowest BCUT2D eigenvalue weighted by molar-refractivity contribution is -0.122. The van der Waals surface area contributed by atoms with Crippen LogP contribution in [0.2, 0.25) is 0 Å². The summed E-state index contributed by atoms with van der Waals surface area (Å²) in [6.07, 6.45) is 2.10. The van der Waals surface area contributed by atoms with Crippen LogP contribution in [0.3, 0.4) is 0 Å². The van der Waals surface area contributed by atoms with Gasteiger partial charge in [-0.1, -0.05) is 31.0 Å². The smallest absolute Gasteiger partial charge is 0.242 e. The SMILES string of the molecule is CCCC(C)NC(=O)C(C)Nc1ccc(C)cc1. The van der Waals surface area contributed by atoms with E-state index in [9.17, 15) is 4.79 Å². The highest BCUT2D eigenvalue weighted by molar-refractivity contribution is 5.84. The number of hydrogen-bond donors (Lipinski definition) is 2. The summed E-state index contributed by atoms with van der Waals surface area (Å²) >= 11 is 0. The lowest BCUT2D eigenvalue weighted by Gasteiger charge is -2.19. The van der Waals surface area contributed by atoms with Crippen LogP contribution in [0.4, 0.5) is 5.69 Å². The second-order valence-electron chi connectivity index (χ2n) is 4.93. The van der Waals surface area contributed by atoms with E-state index < -0.39 is 0 Å². The Labute approximate surface area is 110 Å². The molecule has 0 spiro atoms. The Kier molecular flexibility index (Phi) is 5.69. The molecule has 3 heteroatoms. The van der Waals surface area contributed by atoms with E-state index >= 15 is 0 Å². The van der Waals surface area contributed by atoms with Crippen molar-refractivity contribution in [1.29, 1.82) is 0 Å². The normalized spacial score (nSPS) is 13.8. The molecule has 18 heavy (non-hydrogen) atoms. The highest BCUT2D eigenvalue weighted by atomic mass is 16.2. The van der Waals surface area contributed by atoms with Crippen LogP contribution < -0.4 is 10.6 Å². The molecule has 2 atom stereocenters. The largest absolute Gasteiger partial charge is 0.374 e. The minimum Gasteiger partial charge on any atom is -0.374 e. The van der Waals surface area contributed by atoms with Gasteiger partial charge in [-0.15, -0.1) is 0 Å². The van der Waals surface area contributed by atoms with Gasteiger partial charge in [0.15, 0.2) is 0 Å². The van der Waals surface area contributed by atoms with Gasteiger partial charge >= 0.3 is 0 Å². The summed E-state index contributed by atoms with van der Waals surface area (Å²) in [6.45, 7) is 8.09. The average Bonchev–Trinajstić information content (AvgIpc) is 2.32. The van der Waals surface area contributed by atoms with Crippen LogP contribution in [0, 0.1) is 6.92 Å². The number of hydrogen-bond acceptors (Lipinski definition) is 2. The maximum Gasteiger partial charge on any atom is 0.242 e. The molecule has 0 aliphatic heterocycles. The molecular formula is C15H24N2O. The Balaban J connectivity index is 2.46. The number of aryl methyl sites for hydroxylation is 1. The van der Waals surface area contributed by atoms with E-state index in [1.807, 2.05) is 45.0 Å². The van der Waals surface area contributed by atoms with Crippen molar-refractivity contribution < 1.29 is 4.79 Å². The third kappa shape index (κ3) is 4.78. The quantitative estimate of drug-likeness (QED) is 0.812. The molecule has 2 N–H and O–H groups in total. The molecule has 0 aliphatic carbocycles. The van der Waals surface area contributed by atoms with Gasteiger partial charge in [0.1, 0.15) is 6.04 Å². The van der Waals surface area contributed by atoms with Gasteiger partial charge < -0.3 is 10.6 Å². The molecule has 0 heterocycles. The highest BCUT2D eigenvalue weighted by Crippen LogP contribution is 2.10. The van der Waals surface area contributed by atoms with Gasteiger partial charge in [-0.3, -0.25) is 4.79 Å². The van der Waals surface area contributed by atoms with E-state index in [0.717, 1.165) is 18.5 Å². The monoisotopic (exact) mass is 248 g/mol. The topological polar surface area (TPSA) is 41.1 Å². The van der Waals surface area contributed by atoms with Crippen molar-refractivity contribution in [2.24, 2.45) is 0 Å². The number of carbonyl (C=O) groups is 1. The van der Waals surface area contributed by atoms with Gasteiger partial charge in [-0.25, -0.2) is 0 Å². The number of rotatable bonds is 6. The highest BCUT2D eigenvalue weighted by Gasteiger charge is 2.14.